The zero-order valence-corrected chi connectivity index (χ0v) is 17.0. The number of anilines is 2. The number of benzene rings is 2. The third-order valence-corrected chi connectivity index (χ3v) is 5.03. The van der Waals surface area contributed by atoms with Crippen molar-refractivity contribution in [3.8, 4) is 0 Å². The van der Waals surface area contributed by atoms with Gasteiger partial charge in [-0.1, -0.05) is 38.1 Å². The van der Waals surface area contributed by atoms with Crippen LogP contribution in [0.15, 0.2) is 47.6 Å². The summed E-state index contributed by atoms with van der Waals surface area (Å²) in [5.41, 5.74) is 9.06. The van der Waals surface area contributed by atoms with Crippen LogP contribution in [0.1, 0.15) is 43.4 Å². The van der Waals surface area contributed by atoms with Crippen molar-refractivity contribution >= 4 is 34.9 Å². The molecule has 4 nitrogen and oxygen atoms in total. The monoisotopic (exact) mass is 380 g/mol. The van der Waals surface area contributed by atoms with Crippen LogP contribution in [0.4, 0.5) is 11.4 Å². The third-order valence-electron chi connectivity index (χ3n) is 4.84. The number of hydrazone groups is 1. The Morgan fingerprint density at radius 3 is 2.89 bits per heavy atom. The lowest BCUT2D eigenvalue weighted by molar-refractivity contribution is 0.681. The maximum atomic E-state index is 5.36. The molecule has 1 aliphatic heterocycles. The Morgan fingerprint density at radius 2 is 2.07 bits per heavy atom. The fourth-order valence-corrected chi connectivity index (χ4v) is 3.71. The molecule has 0 aliphatic carbocycles. The van der Waals surface area contributed by atoms with Gasteiger partial charge in [0.1, 0.15) is 0 Å². The second kappa shape index (κ2) is 9.51. The lowest BCUT2D eigenvalue weighted by Gasteiger charge is -2.31. The lowest BCUT2D eigenvalue weighted by Crippen LogP contribution is -2.30. The largest absolute Gasteiger partial charge is 0.371 e. The molecule has 142 valence electrons. The van der Waals surface area contributed by atoms with E-state index in [0.29, 0.717) is 5.11 Å². The summed E-state index contributed by atoms with van der Waals surface area (Å²) in [7, 11) is 0. The fraction of sp³-hybridized carbons (Fsp3) is 0.364. The lowest BCUT2D eigenvalue weighted by atomic mass is 9.99. The van der Waals surface area contributed by atoms with Crippen LogP contribution in [-0.4, -0.2) is 24.4 Å². The van der Waals surface area contributed by atoms with E-state index in [1.165, 1.54) is 29.7 Å². The molecule has 0 radical (unpaired) electrons. The maximum Gasteiger partial charge on any atom is 0.191 e. The van der Waals surface area contributed by atoms with Crippen molar-refractivity contribution in [3.63, 3.8) is 0 Å². The topological polar surface area (TPSA) is 39.7 Å². The highest BCUT2D eigenvalue weighted by atomic mass is 32.1. The molecule has 2 aromatic rings. The molecule has 0 atom stereocenters. The van der Waals surface area contributed by atoms with Crippen LogP contribution >= 0.6 is 12.2 Å². The molecule has 0 fully saturated rings. The van der Waals surface area contributed by atoms with Crippen molar-refractivity contribution in [2.45, 2.75) is 39.5 Å². The first-order valence-electron chi connectivity index (χ1n) is 9.77. The summed E-state index contributed by atoms with van der Waals surface area (Å²) >= 11 is 5.36. The Hall–Kier alpha value is -2.40. The zero-order valence-electron chi connectivity index (χ0n) is 16.2. The van der Waals surface area contributed by atoms with Crippen molar-refractivity contribution in [3.05, 3.63) is 59.2 Å². The second-order valence-electron chi connectivity index (χ2n) is 6.81. The van der Waals surface area contributed by atoms with Crippen molar-refractivity contribution in [1.82, 2.24) is 5.43 Å². The molecule has 0 spiro atoms. The molecule has 0 bridgehead atoms. The molecule has 1 aliphatic rings. The molecule has 0 unspecified atom stereocenters. The molecular weight excluding hydrogens is 352 g/mol. The van der Waals surface area contributed by atoms with E-state index < -0.39 is 0 Å². The van der Waals surface area contributed by atoms with E-state index in [0.717, 1.165) is 37.2 Å². The van der Waals surface area contributed by atoms with Gasteiger partial charge in [0, 0.05) is 24.5 Å². The van der Waals surface area contributed by atoms with Crippen LogP contribution in [0.3, 0.4) is 0 Å². The highest BCUT2D eigenvalue weighted by Crippen LogP contribution is 2.27. The van der Waals surface area contributed by atoms with E-state index in [1.54, 1.807) is 0 Å². The van der Waals surface area contributed by atoms with E-state index in [2.05, 4.69) is 58.9 Å². The van der Waals surface area contributed by atoms with Gasteiger partial charge in [0.2, 0.25) is 0 Å². The van der Waals surface area contributed by atoms with E-state index in [4.69, 9.17) is 12.2 Å². The number of aryl methyl sites for hydroxylation is 2. The average Bonchev–Trinajstić information content (AvgIpc) is 2.69. The number of thiocarbonyl (C=S) groups is 1. The minimum absolute atomic E-state index is 0.499. The summed E-state index contributed by atoms with van der Waals surface area (Å²) in [6, 6.07) is 14.8. The number of fused-ring (bicyclic) bond motifs is 1. The Kier molecular flexibility index (Phi) is 6.82. The number of hydrogen-bond donors (Lipinski definition) is 2. The standard InChI is InChI=1S/C22H28N4S/c1-3-13-26-14-7-9-19-15-17(11-12-21(19)26)16-23-25-22(27)24-20-10-6-5-8-18(20)4-2/h5-6,8,10-12,15-16H,3-4,7,9,13-14H2,1-2H3,(H2,24,25,27). The fourth-order valence-electron chi connectivity index (χ4n) is 3.54. The summed E-state index contributed by atoms with van der Waals surface area (Å²) in [5.74, 6) is 0. The summed E-state index contributed by atoms with van der Waals surface area (Å²) in [6.07, 6.45) is 6.32. The smallest absolute Gasteiger partial charge is 0.191 e. The van der Waals surface area contributed by atoms with Gasteiger partial charge in [0.15, 0.2) is 5.11 Å². The summed E-state index contributed by atoms with van der Waals surface area (Å²) in [6.45, 7) is 6.65. The molecule has 0 amide bonds. The van der Waals surface area contributed by atoms with Gasteiger partial charge in [0.25, 0.3) is 0 Å². The molecule has 1 heterocycles. The Labute approximate surface area is 167 Å². The number of nitrogens with one attached hydrogen (secondary N) is 2. The van der Waals surface area contributed by atoms with Crippen LogP contribution in [-0.2, 0) is 12.8 Å². The Balaban J connectivity index is 1.60. The van der Waals surface area contributed by atoms with Crippen LogP contribution in [0, 0.1) is 0 Å². The first kappa shape index (κ1) is 19.4. The molecular formula is C22H28N4S. The van der Waals surface area contributed by atoms with Gasteiger partial charge in [-0.25, -0.2) is 0 Å². The van der Waals surface area contributed by atoms with Gasteiger partial charge in [0.05, 0.1) is 6.21 Å². The van der Waals surface area contributed by atoms with Gasteiger partial charge < -0.3 is 10.2 Å². The normalized spacial score (nSPS) is 13.5. The SMILES string of the molecule is CCCN1CCCc2cc(C=NNC(=S)Nc3ccccc3CC)ccc21. The maximum absolute atomic E-state index is 5.36. The molecule has 2 N–H and O–H groups in total. The van der Waals surface area contributed by atoms with Gasteiger partial charge in [-0.2, -0.15) is 5.10 Å². The molecule has 0 saturated heterocycles. The Morgan fingerprint density at radius 1 is 1.22 bits per heavy atom. The van der Waals surface area contributed by atoms with Crippen LogP contribution in [0.5, 0.6) is 0 Å². The number of rotatable bonds is 6. The highest BCUT2D eigenvalue weighted by molar-refractivity contribution is 7.80. The number of nitrogens with zero attached hydrogens (tertiary/aromatic N) is 2. The minimum atomic E-state index is 0.499. The molecule has 0 aromatic heterocycles. The van der Waals surface area contributed by atoms with Crippen molar-refractivity contribution in [2.24, 2.45) is 5.10 Å². The summed E-state index contributed by atoms with van der Waals surface area (Å²) < 4.78 is 0. The summed E-state index contributed by atoms with van der Waals surface area (Å²) in [5, 5.41) is 8.02. The molecule has 27 heavy (non-hydrogen) atoms. The number of para-hydroxylation sites is 1. The molecule has 2 aromatic carbocycles. The quantitative estimate of drug-likeness (QED) is 0.432. The van der Waals surface area contributed by atoms with Gasteiger partial charge in [-0.15, -0.1) is 0 Å². The first-order valence-corrected chi connectivity index (χ1v) is 10.2. The van der Waals surface area contributed by atoms with Gasteiger partial charge >= 0.3 is 0 Å². The van der Waals surface area contributed by atoms with E-state index in [1.807, 2.05) is 24.4 Å². The van der Waals surface area contributed by atoms with Gasteiger partial charge in [-0.05, 0) is 72.8 Å². The van der Waals surface area contributed by atoms with E-state index in [9.17, 15) is 0 Å². The van der Waals surface area contributed by atoms with E-state index >= 15 is 0 Å². The summed E-state index contributed by atoms with van der Waals surface area (Å²) in [4.78, 5) is 2.49. The second-order valence-corrected chi connectivity index (χ2v) is 7.22. The molecule has 0 saturated carbocycles. The highest BCUT2D eigenvalue weighted by Gasteiger charge is 2.15. The third kappa shape index (κ3) is 5.07. The Bertz CT molecular complexity index is 816. The van der Waals surface area contributed by atoms with Gasteiger partial charge in [-0.3, -0.25) is 5.43 Å². The number of hydrogen-bond acceptors (Lipinski definition) is 3. The average molecular weight is 381 g/mol. The first-order chi connectivity index (χ1) is 13.2. The van der Waals surface area contributed by atoms with Crippen molar-refractivity contribution < 1.29 is 0 Å². The van der Waals surface area contributed by atoms with E-state index in [-0.39, 0.29) is 0 Å². The van der Waals surface area contributed by atoms with Crippen LogP contribution < -0.4 is 15.6 Å². The zero-order chi connectivity index (χ0) is 19.1. The molecule has 5 heteroatoms. The predicted octanol–water partition coefficient (Wildman–Crippen LogP) is 4.73. The van der Waals surface area contributed by atoms with Crippen molar-refractivity contribution in [1.29, 1.82) is 0 Å². The van der Waals surface area contributed by atoms with Crippen LogP contribution in [0.25, 0.3) is 0 Å². The van der Waals surface area contributed by atoms with Crippen LogP contribution in [0.2, 0.25) is 0 Å². The van der Waals surface area contributed by atoms with Crippen molar-refractivity contribution in [2.75, 3.05) is 23.3 Å². The molecule has 3 rings (SSSR count). The predicted molar refractivity (Wildman–Crippen MR) is 120 cm³/mol. The minimum Gasteiger partial charge on any atom is -0.371 e.